The zero-order chi connectivity index (χ0) is 22.8. The summed E-state index contributed by atoms with van der Waals surface area (Å²) in [6, 6.07) is 8.44. The van der Waals surface area contributed by atoms with Crippen LogP contribution in [0.3, 0.4) is 0 Å². The molecule has 0 bridgehead atoms. The van der Waals surface area contributed by atoms with E-state index < -0.39 is 10.0 Å². The minimum atomic E-state index is -3.68. The van der Waals surface area contributed by atoms with Gasteiger partial charge in [-0.05, 0) is 43.2 Å². The second-order valence-electron chi connectivity index (χ2n) is 9.24. The van der Waals surface area contributed by atoms with Crippen LogP contribution in [-0.2, 0) is 26.7 Å². The molecule has 1 aliphatic heterocycles. The standard InChI is InChI=1S/C23H33N3O4S/c1-17-22(18(2)30-24-17)31(28,29)26-14-6-13-25(15-16-26)21(27)12-9-19-7-10-20(11-8-19)23(3,4)5/h7-8,10-11H,6,9,12-16H2,1-5H3. The maximum atomic E-state index is 13.1. The number of hydrogen-bond acceptors (Lipinski definition) is 5. The van der Waals surface area contributed by atoms with Crippen molar-refractivity contribution < 1.29 is 17.7 Å². The first-order chi connectivity index (χ1) is 14.5. The van der Waals surface area contributed by atoms with Crippen molar-refractivity contribution in [3.63, 3.8) is 0 Å². The molecule has 0 spiro atoms. The fourth-order valence-corrected chi connectivity index (χ4v) is 5.70. The highest BCUT2D eigenvalue weighted by molar-refractivity contribution is 7.89. The van der Waals surface area contributed by atoms with E-state index in [1.165, 1.54) is 9.87 Å². The van der Waals surface area contributed by atoms with Crippen molar-refractivity contribution in [2.24, 2.45) is 0 Å². The van der Waals surface area contributed by atoms with Crippen molar-refractivity contribution in [2.45, 2.75) is 64.2 Å². The lowest BCUT2D eigenvalue weighted by Crippen LogP contribution is -2.37. The van der Waals surface area contributed by atoms with E-state index in [9.17, 15) is 13.2 Å². The summed E-state index contributed by atoms with van der Waals surface area (Å²) in [5.74, 6) is 0.364. The summed E-state index contributed by atoms with van der Waals surface area (Å²) in [6.07, 6.45) is 1.71. The molecule has 3 rings (SSSR count). The Kier molecular flexibility index (Phi) is 6.91. The fraction of sp³-hybridized carbons (Fsp3) is 0.565. The summed E-state index contributed by atoms with van der Waals surface area (Å²) in [7, 11) is -3.68. The van der Waals surface area contributed by atoms with Crippen LogP contribution in [0.2, 0.25) is 0 Å². The third-order valence-electron chi connectivity index (χ3n) is 5.82. The van der Waals surface area contributed by atoms with Crippen molar-refractivity contribution in [3.8, 4) is 0 Å². The van der Waals surface area contributed by atoms with Crippen LogP contribution in [0, 0.1) is 13.8 Å². The monoisotopic (exact) mass is 447 g/mol. The quantitative estimate of drug-likeness (QED) is 0.701. The molecule has 0 N–H and O–H groups in total. The molecule has 1 fully saturated rings. The Hall–Kier alpha value is -2.19. The molecule has 2 heterocycles. The summed E-state index contributed by atoms with van der Waals surface area (Å²) < 4.78 is 32.6. The van der Waals surface area contributed by atoms with Gasteiger partial charge >= 0.3 is 0 Å². The van der Waals surface area contributed by atoms with Crippen molar-refractivity contribution >= 4 is 15.9 Å². The van der Waals surface area contributed by atoms with E-state index in [1.807, 2.05) is 0 Å². The number of sulfonamides is 1. The van der Waals surface area contributed by atoms with Gasteiger partial charge in [0, 0.05) is 32.6 Å². The number of benzene rings is 1. The van der Waals surface area contributed by atoms with Gasteiger partial charge in [-0.2, -0.15) is 4.31 Å². The van der Waals surface area contributed by atoms with E-state index in [1.54, 1.807) is 18.7 Å². The molecule has 1 aliphatic rings. The van der Waals surface area contributed by atoms with E-state index in [-0.39, 0.29) is 22.8 Å². The number of aromatic nitrogens is 1. The van der Waals surface area contributed by atoms with Crippen LogP contribution >= 0.6 is 0 Å². The molecule has 1 aromatic heterocycles. The molecule has 1 saturated heterocycles. The third kappa shape index (κ3) is 5.36. The van der Waals surface area contributed by atoms with Crippen molar-refractivity contribution in [1.29, 1.82) is 0 Å². The lowest BCUT2D eigenvalue weighted by molar-refractivity contribution is -0.131. The Balaban J connectivity index is 1.58. The summed E-state index contributed by atoms with van der Waals surface area (Å²) in [5.41, 5.74) is 2.89. The minimum Gasteiger partial charge on any atom is -0.360 e. The summed E-state index contributed by atoms with van der Waals surface area (Å²) in [6.45, 7) is 11.4. The van der Waals surface area contributed by atoms with Gasteiger partial charge in [0.1, 0.15) is 10.6 Å². The highest BCUT2D eigenvalue weighted by Gasteiger charge is 2.32. The fourth-order valence-electron chi connectivity index (χ4n) is 3.94. The number of rotatable bonds is 5. The molecule has 1 aromatic carbocycles. The van der Waals surface area contributed by atoms with Crippen LogP contribution in [0.25, 0.3) is 0 Å². The van der Waals surface area contributed by atoms with Crippen molar-refractivity contribution in [3.05, 3.63) is 46.8 Å². The van der Waals surface area contributed by atoms with Crippen LogP contribution in [0.15, 0.2) is 33.7 Å². The molecule has 0 unspecified atom stereocenters. The second kappa shape index (κ2) is 9.12. The number of aryl methyl sites for hydroxylation is 3. The maximum Gasteiger partial charge on any atom is 0.248 e. The number of amides is 1. The second-order valence-corrected chi connectivity index (χ2v) is 11.1. The summed E-state index contributed by atoms with van der Waals surface area (Å²) in [4.78, 5) is 14.7. The molecule has 31 heavy (non-hydrogen) atoms. The lowest BCUT2D eigenvalue weighted by atomic mass is 9.86. The van der Waals surface area contributed by atoms with Gasteiger partial charge in [0.05, 0.1) is 0 Å². The third-order valence-corrected chi connectivity index (χ3v) is 7.96. The van der Waals surface area contributed by atoms with Gasteiger partial charge in [-0.15, -0.1) is 0 Å². The first-order valence-corrected chi connectivity index (χ1v) is 12.2. The Morgan fingerprint density at radius 1 is 1.06 bits per heavy atom. The molecule has 1 amide bonds. The van der Waals surface area contributed by atoms with Crippen LogP contribution < -0.4 is 0 Å². The van der Waals surface area contributed by atoms with Crippen LogP contribution in [0.4, 0.5) is 0 Å². The average Bonchev–Trinajstić information content (AvgIpc) is 2.91. The van der Waals surface area contributed by atoms with E-state index in [4.69, 9.17) is 4.52 Å². The number of nitrogens with zero attached hydrogens (tertiary/aromatic N) is 3. The molecule has 7 nitrogen and oxygen atoms in total. The van der Waals surface area contributed by atoms with Gasteiger partial charge in [-0.3, -0.25) is 4.79 Å². The van der Waals surface area contributed by atoms with Gasteiger partial charge in [0.15, 0.2) is 5.76 Å². The number of carbonyl (C=O) groups is 1. The summed E-state index contributed by atoms with van der Waals surface area (Å²) >= 11 is 0. The van der Waals surface area contributed by atoms with Gasteiger partial charge in [0.25, 0.3) is 0 Å². The largest absolute Gasteiger partial charge is 0.360 e. The zero-order valence-corrected chi connectivity index (χ0v) is 20.0. The van der Waals surface area contributed by atoms with E-state index in [2.05, 4.69) is 50.2 Å². The molecule has 0 aliphatic carbocycles. The Labute approximate surface area is 185 Å². The highest BCUT2D eigenvalue weighted by atomic mass is 32.2. The normalized spacial score (nSPS) is 16.4. The van der Waals surface area contributed by atoms with E-state index >= 15 is 0 Å². The SMILES string of the molecule is Cc1noc(C)c1S(=O)(=O)N1CCCN(C(=O)CCc2ccc(C(C)(C)C)cc2)CC1. The topological polar surface area (TPSA) is 83.7 Å². The van der Waals surface area contributed by atoms with E-state index in [0.717, 1.165) is 5.56 Å². The summed E-state index contributed by atoms with van der Waals surface area (Å²) in [5, 5.41) is 3.77. The molecule has 0 atom stereocenters. The van der Waals surface area contributed by atoms with Gasteiger partial charge < -0.3 is 9.42 Å². The van der Waals surface area contributed by atoms with Gasteiger partial charge in [0.2, 0.25) is 15.9 Å². The Morgan fingerprint density at radius 2 is 1.74 bits per heavy atom. The lowest BCUT2D eigenvalue weighted by Gasteiger charge is -2.22. The van der Waals surface area contributed by atoms with Crippen molar-refractivity contribution in [2.75, 3.05) is 26.2 Å². The molecule has 8 heteroatoms. The van der Waals surface area contributed by atoms with Crippen LogP contribution in [0.1, 0.15) is 56.2 Å². The maximum absolute atomic E-state index is 13.1. The van der Waals surface area contributed by atoms with Crippen molar-refractivity contribution in [1.82, 2.24) is 14.4 Å². The first-order valence-electron chi connectivity index (χ1n) is 10.8. The smallest absolute Gasteiger partial charge is 0.248 e. The molecular formula is C23H33N3O4S. The molecule has 0 saturated carbocycles. The molecular weight excluding hydrogens is 414 g/mol. The Morgan fingerprint density at radius 3 is 2.32 bits per heavy atom. The van der Waals surface area contributed by atoms with E-state index in [0.29, 0.717) is 50.4 Å². The average molecular weight is 448 g/mol. The zero-order valence-electron chi connectivity index (χ0n) is 19.1. The highest BCUT2D eigenvalue weighted by Crippen LogP contribution is 2.25. The predicted molar refractivity (Wildman–Crippen MR) is 119 cm³/mol. The predicted octanol–water partition coefficient (Wildman–Crippen LogP) is 3.44. The van der Waals surface area contributed by atoms with Gasteiger partial charge in [-0.25, -0.2) is 8.42 Å². The molecule has 0 radical (unpaired) electrons. The molecule has 170 valence electrons. The van der Waals surface area contributed by atoms with Crippen LogP contribution in [-0.4, -0.2) is 54.9 Å². The number of carbonyl (C=O) groups excluding carboxylic acids is 1. The number of hydrogen-bond donors (Lipinski definition) is 0. The Bertz CT molecular complexity index is 1000. The molecule has 2 aromatic rings. The van der Waals surface area contributed by atoms with Gasteiger partial charge in [-0.1, -0.05) is 50.2 Å². The first kappa shape index (κ1) is 23.5. The van der Waals surface area contributed by atoms with Crippen LogP contribution in [0.5, 0.6) is 0 Å². The minimum absolute atomic E-state index is 0.0662.